The van der Waals surface area contributed by atoms with Crippen LogP contribution in [0.1, 0.15) is 41.1 Å². The Morgan fingerprint density at radius 1 is 1.17 bits per heavy atom. The second kappa shape index (κ2) is 8.39. The third-order valence-electron chi connectivity index (χ3n) is 3.66. The lowest BCUT2D eigenvalue weighted by Gasteiger charge is -2.21. The fraction of sp³-hybridized carbons (Fsp3) is 0.389. The number of rotatable bonds is 7. The normalized spacial score (nSPS) is 12.2. The van der Waals surface area contributed by atoms with Gasteiger partial charge in [0.1, 0.15) is 5.82 Å². The van der Waals surface area contributed by atoms with Gasteiger partial charge in [-0.3, -0.25) is 4.79 Å². The largest absolute Gasteiger partial charge is 0.345 e. The number of benzene rings is 1. The van der Waals surface area contributed by atoms with Crippen molar-refractivity contribution in [2.24, 2.45) is 0 Å². The SMILES string of the molecule is CCc1ncc(C(=O)N[C@@H](CCN(C)C)c2ccccc2)cn1. The lowest BCUT2D eigenvalue weighted by atomic mass is 10.0. The first kappa shape index (κ1) is 17.1. The van der Waals surface area contributed by atoms with Gasteiger partial charge >= 0.3 is 0 Å². The molecule has 0 bridgehead atoms. The van der Waals surface area contributed by atoms with E-state index in [-0.39, 0.29) is 11.9 Å². The molecule has 0 radical (unpaired) electrons. The molecule has 23 heavy (non-hydrogen) atoms. The van der Waals surface area contributed by atoms with Gasteiger partial charge in [-0.25, -0.2) is 9.97 Å². The van der Waals surface area contributed by atoms with Crippen LogP contribution in [-0.4, -0.2) is 41.4 Å². The zero-order chi connectivity index (χ0) is 16.7. The highest BCUT2D eigenvalue weighted by molar-refractivity contribution is 5.93. The van der Waals surface area contributed by atoms with Gasteiger partial charge < -0.3 is 10.2 Å². The molecule has 1 heterocycles. The topological polar surface area (TPSA) is 58.1 Å². The number of carbonyl (C=O) groups excluding carboxylic acids is 1. The molecule has 0 saturated carbocycles. The van der Waals surface area contributed by atoms with E-state index < -0.39 is 0 Å². The van der Waals surface area contributed by atoms with E-state index in [1.807, 2.05) is 51.4 Å². The van der Waals surface area contributed by atoms with Crippen LogP contribution in [-0.2, 0) is 6.42 Å². The molecular weight excluding hydrogens is 288 g/mol. The number of nitrogens with one attached hydrogen (secondary N) is 1. The Morgan fingerprint density at radius 3 is 2.39 bits per heavy atom. The van der Waals surface area contributed by atoms with Crippen molar-refractivity contribution < 1.29 is 4.79 Å². The predicted molar refractivity (Wildman–Crippen MR) is 91.2 cm³/mol. The van der Waals surface area contributed by atoms with Gasteiger partial charge in [0.05, 0.1) is 11.6 Å². The monoisotopic (exact) mass is 312 g/mol. The van der Waals surface area contributed by atoms with E-state index in [1.54, 1.807) is 12.4 Å². The van der Waals surface area contributed by atoms with Crippen molar-refractivity contribution in [2.45, 2.75) is 25.8 Å². The van der Waals surface area contributed by atoms with Crippen LogP contribution in [0, 0.1) is 0 Å². The molecule has 0 aliphatic carbocycles. The van der Waals surface area contributed by atoms with Gasteiger partial charge in [0.2, 0.25) is 0 Å². The fourth-order valence-corrected chi connectivity index (χ4v) is 2.29. The van der Waals surface area contributed by atoms with Crippen LogP contribution in [0.3, 0.4) is 0 Å². The van der Waals surface area contributed by atoms with Crippen LogP contribution >= 0.6 is 0 Å². The molecule has 5 nitrogen and oxygen atoms in total. The average Bonchev–Trinajstić information content (AvgIpc) is 2.59. The number of aromatic nitrogens is 2. The summed E-state index contributed by atoms with van der Waals surface area (Å²) in [4.78, 5) is 23.0. The molecule has 0 aliphatic heterocycles. The van der Waals surface area contributed by atoms with Gasteiger partial charge in [0.15, 0.2) is 0 Å². The van der Waals surface area contributed by atoms with Crippen LogP contribution in [0.25, 0.3) is 0 Å². The quantitative estimate of drug-likeness (QED) is 0.853. The highest BCUT2D eigenvalue weighted by atomic mass is 16.1. The minimum atomic E-state index is -0.139. The van der Waals surface area contributed by atoms with E-state index in [1.165, 1.54) is 0 Å². The zero-order valence-electron chi connectivity index (χ0n) is 14.0. The molecule has 1 N–H and O–H groups in total. The van der Waals surface area contributed by atoms with Crippen molar-refractivity contribution in [3.63, 3.8) is 0 Å². The minimum absolute atomic E-state index is 0.0306. The molecule has 122 valence electrons. The maximum absolute atomic E-state index is 12.5. The molecule has 0 spiro atoms. The molecule has 0 aliphatic rings. The summed E-state index contributed by atoms with van der Waals surface area (Å²) >= 11 is 0. The molecule has 1 atom stereocenters. The van der Waals surface area contributed by atoms with Crippen LogP contribution in [0.4, 0.5) is 0 Å². The summed E-state index contributed by atoms with van der Waals surface area (Å²) in [5.41, 5.74) is 1.60. The third kappa shape index (κ3) is 5.14. The molecule has 0 unspecified atom stereocenters. The molecular formula is C18H24N4O. The Bertz CT molecular complexity index is 611. The first-order valence-electron chi connectivity index (χ1n) is 7.91. The predicted octanol–water partition coefficient (Wildman–Crippen LogP) is 2.46. The molecule has 1 aromatic carbocycles. The first-order valence-corrected chi connectivity index (χ1v) is 7.91. The summed E-state index contributed by atoms with van der Waals surface area (Å²) in [6.07, 6.45) is 4.79. The van der Waals surface area contributed by atoms with Crippen LogP contribution < -0.4 is 5.32 Å². The second-order valence-electron chi connectivity index (χ2n) is 5.77. The summed E-state index contributed by atoms with van der Waals surface area (Å²) in [5.74, 6) is 0.606. The molecule has 2 aromatic rings. The maximum Gasteiger partial charge on any atom is 0.254 e. The van der Waals surface area contributed by atoms with Crippen molar-refractivity contribution in [2.75, 3.05) is 20.6 Å². The maximum atomic E-state index is 12.5. The lowest BCUT2D eigenvalue weighted by molar-refractivity contribution is 0.0932. The summed E-state index contributed by atoms with van der Waals surface area (Å²) in [5, 5.41) is 3.10. The summed E-state index contributed by atoms with van der Waals surface area (Å²) < 4.78 is 0. The Labute approximate surface area is 137 Å². The van der Waals surface area contributed by atoms with Gasteiger partial charge in [-0.1, -0.05) is 37.3 Å². The van der Waals surface area contributed by atoms with Crippen molar-refractivity contribution in [3.8, 4) is 0 Å². The average molecular weight is 312 g/mol. The highest BCUT2D eigenvalue weighted by Crippen LogP contribution is 2.17. The minimum Gasteiger partial charge on any atom is -0.345 e. The number of aryl methyl sites for hydroxylation is 1. The number of hydrogen-bond donors (Lipinski definition) is 1. The Balaban J connectivity index is 2.10. The highest BCUT2D eigenvalue weighted by Gasteiger charge is 2.16. The molecule has 0 saturated heterocycles. The van der Waals surface area contributed by atoms with Crippen LogP contribution in [0.5, 0.6) is 0 Å². The zero-order valence-corrected chi connectivity index (χ0v) is 14.0. The van der Waals surface area contributed by atoms with Crippen molar-refractivity contribution in [1.82, 2.24) is 20.2 Å². The first-order chi connectivity index (χ1) is 11.1. The molecule has 2 rings (SSSR count). The van der Waals surface area contributed by atoms with Crippen molar-refractivity contribution >= 4 is 5.91 Å². The number of nitrogens with zero attached hydrogens (tertiary/aromatic N) is 3. The summed E-state index contributed by atoms with van der Waals surface area (Å²) in [6, 6.07) is 10.0. The third-order valence-corrected chi connectivity index (χ3v) is 3.66. The standard InChI is InChI=1S/C18H24N4O/c1-4-17-19-12-15(13-20-17)18(23)21-16(10-11-22(2)3)14-8-6-5-7-9-14/h5-9,12-13,16H,4,10-11H2,1-3H3,(H,21,23)/t16-/m0/s1. The van der Waals surface area contributed by atoms with Gasteiger partial charge in [-0.05, 0) is 32.6 Å². The van der Waals surface area contributed by atoms with Gasteiger partial charge in [-0.2, -0.15) is 0 Å². The number of carbonyl (C=O) groups is 1. The van der Waals surface area contributed by atoms with Gasteiger partial charge in [0.25, 0.3) is 5.91 Å². The summed E-state index contributed by atoms with van der Waals surface area (Å²) in [7, 11) is 4.06. The van der Waals surface area contributed by atoms with E-state index >= 15 is 0 Å². The van der Waals surface area contributed by atoms with Gasteiger partial charge in [0, 0.05) is 18.8 Å². The van der Waals surface area contributed by atoms with Gasteiger partial charge in [-0.15, -0.1) is 0 Å². The molecule has 1 amide bonds. The Hall–Kier alpha value is -2.27. The van der Waals surface area contributed by atoms with Crippen molar-refractivity contribution in [1.29, 1.82) is 0 Å². The smallest absolute Gasteiger partial charge is 0.254 e. The van der Waals surface area contributed by atoms with E-state index in [4.69, 9.17) is 0 Å². The summed E-state index contributed by atoms with van der Waals surface area (Å²) in [6.45, 7) is 2.88. The van der Waals surface area contributed by atoms with Crippen LogP contribution in [0.2, 0.25) is 0 Å². The van der Waals surface area contributed by atoms with E-state index in [0.29, 0.717) is 5.56 Å². The lowest BCUT2D eigenvalue weighted by Crippen LogP contribution is -2.31. The van der Waals surface area contributed by atoms with Crippen LogP contribution in [0.15, 0.2) is 42.7 Å². The van der Waals surface area contributed by atoms with Crippen molar-refractivity contribution in [3.05, 3.63) is 59.7 Å². The number of amides is 1. The van der Waals surface area contributed by atoms with E-state index in [9.17, 15) is 4.79 Å². The fourth-order valence-electron chi connectivity index (χ4n) is 2.29. The number of hydrogen-bond acceptors (Lipinski definition) is 4. The molecule has 0 fully saturated rings. The van der Waals surface area contributed by atoms with E-state index in [2.05, 4.69) is 20.2 Å². The Morgan fingerprint density at radius 2 is 1.83 bits per heavy atom. The van der Waals surface area contributed by atoms with E-state index in [0.717, 1.165) is 30.8 Å². The molecule has 5 heteroatoms. The second-order valence-corrected chi connectivity index (χ2v) is 5.77. The molecule has 1 aromatic heterocycles. The Kier molecular flexibility index (Phi) is 6.23.